The van der Waals surface area contributed by atoms with Gasteiger partial charge >= 0.3 is 0 Å². The first-order valence-electron chi connectivity index (χ1n) is 7.57. The van der Waals surface area contributed by atoms with E-state index in [9.17, 15) is 8.42 Å². The van der Waals surface area contributed by atoms with Crippen LogP contribution in [0.4, 0.5) is 0 Å². The second-order valence-corrected chi connectivity index (χ2v) is 7.82. The lowest BCUT2D eigenvalue weighted by atomic mass is 9.92. The Morgan fingerprint density at radius 1 is 1.10 bits per heavy atom. The molecule has 21 heavy (non-hydrogen) atoms. The summed E-state index contributed by atoms with van der Waals surface area (Å²) in [6.07, 6.45) is 4.23. The first-order chi connectivity index (χ1) is 9.85. The topological polar surface area (TPSA) is 55.4 Å². The predicted molar refractivity (Wildman–Crippen MR) is 84.3 cm³/mol. The van der Waals surface area contributed by atoms with E-state index in [1.807, 2.05) is 26.8 Å². The van der Waals surface area contributed by atoms with Crippen LogP contribution in [0.5, 0.6) is 5.75 Å². The van der Waals surface area contributed by atoms with Gasteiger partial charge < -0.3 is 4.74 Å². The minimum Gasteiger partial charge on any atom is -0.495 e. The molecule has 118 valence electrons. The summed E-state index contributed by atoms with van der Waals surface area (Å²) in [4.78, 5) is 0.262. The van der Waals surface area contributed by atoms with E-state index in [0.717, 1.165) is 31.2 Å². The van der Waals surface area contributed by atoms with Crippen molar-refractivity contribution in [3.8, 4) is 5.75 Å². The molecule has 1 aliphatic rings. The lowest BCUT2D eigenvalue weighted by Gasteiger charge is -2.22. The van der Waals surface area contributed by atoms with Crippen LogP contribution in [0.2, 0.25) is 0 Å². The first-order valence-corrected chi connectivity index (χ1v) is 9.05. The lowest BCUT2D eigenvalue weighted by Crippen LogP contribution is -2.36. The third kappa shape index (κ3) is 3.58. The number of benzene rings is 1. The normalized spacial score (nSPS) is 16.6. The Bertz CT molecular complexity index is 608. The zero-order valence-corrected chi connectivity index (χ0v) is 14.1. The first kappa shape index (κ1) is 16.3. The SMILES string of the molecule is COc1cc2c(cc1S(=O)(=O)N[C@@H](C)C(C)C)CCCC2. The molecule has 0 fully saturated rings. The summed E-state index contributed by atoms with van der Waals surface area (Å²) in [5, 5.41) is 0. The fraction of sp³-hybridized carbons (Fsp3) is 0.625. The molecule has 0 unspecified atom stereocenters. The molecule has 0 aromatic heterocycles. The number of fused-ring (bicyclic) bond motifs is 1. The van der Waals surface area contributed by atoms with E-state index >= 15 is 0 Å². The Balaban J connectivity index is 2.42. The monoisotopic (exact) mass is 311 g/mol. The number of aryl methyl sites for hydroxylation is 2. The molecular weight excluding hydrogens is 286 g/mol. The molecule has 1 atom stereocenters. The van der Waals surface area contributed by atoms with E-state index in [-0.39, 0.29) is 16.9 Å². The Labute approximate surface area is 127 Å². The molecular formula is C16H25NO3S. The van der Waals surface area contributed by atoms with Crippen LogP contribution in [-0.2, 0) is 22.9 Å². The number of hydrogen-bond donors (Lipinski definition) is 1. The molecule has 2 rings (SSSR count). The van der Waals surface area contributed by atoms with Gasteiger partial charge in [-0.25, -0.2) is 13.1 Å². The predicted octanol–water partition coefficient (Wildman–Crippen LogP) is 2.90. The van der Waals surface area contributed by atoms with Crippen LogP contribution < -0.4 is 9.46 Å². The number of hydrogen-bond acceptors (Lipinski definition) is 3. The minimum atomic E-state index is -3.56. The van der Waals surface area contributed by atoms with Gasteiger partial charge in [-0.15, -0.1) is 0 Å². The van der Waals surface area contributed by atoms with Crippen molar-refractivity contribution >= 4 is 10.0 Å². The van der Waals surface area contributed by atoms with E-state index in [0.29, 0.717) is 5.75 Å². The van der Waals surface area contributed by atoms with Gasteiger partial charge in [0.25, 0.3) is 0 Å². The molecule has 0 spiro atoms. The molecule has 0 heterocycles. The van der Waals surface area contributed by atoms with E-state index in [2.05, 4.69) is 4.72 Å². The molecule has 1 N–H and O–H groups in total. The summed E-state index contributed by atoms with van der Waals surface area (Å²) in [7, 11) is -2.03. The zero-order chi connectivity index (χ0) is 15.6. The maximum Gasteiger partial charge on any atom is 0.244 e. The van der Waals surface area contributed by atoms with Gasteiger partial charge in [-0.1, -0.05) is 13.8 Å². The summed E-state index contributed by atoms with van der Waals surface area (Å²) in [5.74, 6) is 0.683. The number of methoxy groups -OCH3 is 1. The lowest BCUT2D eigenvalue weighted by molar-refractivity contribution is 0.399. The van der Waals surface area contributed by atoms with Crippen LogP contribution in [0.25, 0.3) is 0 Å². The number of ether oxygens (including phenoxy) is 1. The van der Waals surface area contributed by atoms with Crippen LogP contribution in [0.15, 0.2) is 17.0 Å². The van der Waals surface area contributed by atoms with Crippen LogP contribution in [0.1, 0.15) is 44.7 Å². The summed E-state index contributed by atoms with van der Waals surface area (Å²) in [6.45, 7) is 5.88. The van der Waals surface area contributed by atoms with Crippen molar-refractivity contribution in [1.29, 1.82) is 0 Å². The highest BCUT2D eigenvalue weighted by Gasteiger charge is 2.25. The standard InChI is InChI=1S/C16H25NO3S/c1-11(2)12(3)17-21(18,19)16-10-14-8-6-5-7-13(14)9-15(16)20-4/h9-12,17H,5-8H2,1-4H3/t12-/m0/s1. The average molecular weight is 311 g/mol. The van der Waals surface area contributed by atoms with Crippen molar-refractivity contribution in [2.45, 2.75) is 57.4 Å². The smallest absolute Gasteiger partial charge is 0.244 e. The Morgan fingerprint density at radius 2 is 1.67 bits per heavy atom. The third-order valence-corrected chi connectivity index (χ3v) is 5.84. The highest BCUT2D eigenvalue weighted by Crippen LogP contribution is 2.32. The van der Waals surface area contributed by atoms with Gasteiger partial charge in [0.05, 0.1) is 7.11 Å². The van der Waals surface area contributed by atoms with Gasteiger partial charge in [0.1, 0.15) is 10.6 Å². The molecule has 5 heteroatoms. The summed E-state index contributed by atoms with van der Waals surface area (Å²) >= 11 is 0. The summed E-state index contributed by atoms with van der Waals surface area (Å²) in [6, 6.07) is 3.57. The maximum atomic E-state index is 12.6. The molecule has 1 aromatic carbocycles. The summed E-state index contributed by atoms with van der Waals surface area (Å²) in [5.41, 5.74) is 2.36. The molecule has 1 aliphatic carbocycles. The second kappa shape index (κ2) is 6.36. The number of sulfonamides is 1. The highest BCUT2D eigenvalue weighted by atomic mass is 32.2. The minimum absolute atomic E-state index is 0.115. The second-order valence-electron chi connectivity index (χ2n) is 6.13. The Hall–Kier alpha value is -1.07. The van der Waals surface area contributed by atoms with Crippen molar-refractivity contribution in [2.75, 3.05) is 7.11 Å². The third-order valence-electron chi connectivity index (χ3n) is 4.26. The Morgan fingerprint density at radius 3 is 2.19 bits per heavy atom. The molecule has 0 aliphatic heterocycles. The quantitative estimate of drug-likeness (QED) is 0.909. The van der Waals surface area contributed by atoms with Gasteiger partial charge in [0.15, 0.2) is 0 Å². The van der Waals surface area contributed by atoms with Crippen LogP contribution in [0.3, 0.4) is 0 Å². The highest BCUT2D eigenvalue weighted by molar-refractivity contribution is 7.89. The largest absolute Gasteiger partial charge is 0.495 e. The fourth-order valence-corrected chi connectivity index (χ4v) is 4.15. The van der Waals surface area contributed by atoms with Crippen LogP contribution >= 0.6 is 0 Å². The van der Waals surface area contributed by atoms with Gasteiger partial charge in [0.2, 0.25) is 10.0 Å². The maximum absolute atomic E-state index is 12.6. The van der Waals surface area contributed by atoms with Crippen molar-refractivity contribution in [3.63, 3.8) is 0 Å². The van der Waals surface area contributed by atoms with Crippen molar-refractivity contribution in [2.24, 2.45) is 5.92 Å². The molecule has 0 saturated heterocycles. The van der Waals surface area contributed by atoms with Crippen molar-refractivity contribution in [1.82, 2.24) is 4.72 Å². The van der Waals surface area contributed by atoms with Crippen molar-refractivity contribution < 1.29 is 13.2 Å². The number of nitrogens with one attached hydrogen (secondary N) is 1. The van der Waals surface area contributed by atoms with Gasteiger partial charge in [-0.2, -0.15) is 0 Å². The van der Waals surface area contributed by atoms with E-state index < -0.39 is 10.0 Å². The molecule has 0 saturated carbocycles. The summed E-state index contributed by atoms with van der Waals surface area (Å²) < 4.78 is 33.3. The average Bonchev–Trinajstić information content (AvgIpc) is 2.45. The van der Waals surface area contributed by atoms with Gasteiger partial charge in [0, 0.05) is 6.04 Å². The van der Waals surface area contributed by atoms with Crippen LogP contribution in [0, 0.1) is 5.92 Å². The van der Waals surface area contributed by atoms with E-state index in [4.69, 9.17) is 4.74 Å². The van der Waals surface area contributed by atoms with Crippen LogP contribution in [-0.4, -0.2) is 21.6 Å². The molecule has 0 amide bonds. The zero-order valence-electron chi connectivity index (χ0n) is 13.3. The fourth-order valence-electron chi connectivity index (χ4n) is 2.55. The van der Waals surface area contributed by atoms with Gasteiger partial charge in [-0.05, 0) is 61.8 Å². The molecule has 0 bridgehead atoms. The number of rotatable bonds is 5. The van der Waals surface area contributed by atoms with Crippen molar-refractivity contribution in [3.05, 3.63) is 23.3 Å². The molecule has 1 aromatic rings. The van der Waals surface area contributed by atoms with Gasteiger partial charge in [-0.3, -0.25) is 0 Å². The molecule has 0 radical (unpaired) electrons. The Kier molecular flexibility index (Phi) is 4.94. The van der Waals surface area contributed by atoms with E-state index in [1.165, 1.54) is 12.7 Å². The molecule has 4 nitrogen and oxygen atoms in total. The van der Waals surface area contributed by atoms with E-state index in [1.54, 1.807) is 6.07 Å².